The standard InChI is InChI=1S/C20H25N7O6.C19H19N7O6.Ca/c1-27-12(9-23-16-15(27)18(31)26-20(21)25-16)8-22-11-4-2-10(3-5-11)17(30)24-13(19(32)33)6-7-14(28)29;20-19-25-15-14(17(30)26-19)23-11(8-22-15)7-21-10-3-1-9(2-4-10)16(29)24-12(18(31)32)5-6-13(27)28;/h2-5,12-13,22H,6-9H2,1H3,(H,24,30)(H,28,29)(H,32,33)(H4,21,23,25,26,31);1-4,8,12,21H,5-7H2,(H,24,29)(H,27,28)(H,31,32)(H3,20,22,25,26,30);/q;;+2/p-2/t12?,13-;12-;/m00./s1. The van der Waals surface area contributed by atoms with Crippen LogP contribution in [-0.2, 0) is 25.7 Å². The van der Waals surface area contributed by atoms with Gasteiger partial charge in [0.1, 0.15) is 17.8 Å². The molecule has 66 heavy (non-hydrogen) atoms. The Morgan fingerprint density at radius 2 is 1.27 bits per heavy atom. The molecule has 342 valence electrons. The van der Waals surface area contributed by atoms with E-state index >= 15 is 0 Å². The second-order valence-electron chi connectivity index (χ2n) is 14.2. The van der Waals surface area contributed by atoms with Crippen LogP contribution in [0.25, 0.3) is 11.2 Å². The van der Waals surface area contributed by atoms with E-state index in [1.165, 1.54) is 30.5 Å². The molecule has 0 aliphatic carbocycles. The van der Waals surface area contributed by atoms with Gasteiger partial charge in [-0.2, -0.15) is 9.97 Å². The van der Waals surface area contributed by atoms with Crippen LogP contribution in [0.2, 0.25) is 0 Å². The molecule has 0 spiro atoms. The summed E-state index contributed by atoms with van der Waals surface area (Å²) in [5.74, 6) is -6.35. The molecule has 1 unspecified atom stereocenters. The summed E-state index contributed by atoms with van der Waals surface area (Å²) in [6.07, 6.45) is -0.0972. The predicted octanol–water partition coefficient (Wildman–Crippen LogP) is -3.35. The molecule has 1 aliphatic rings. The molecule has 4 heterocycles. The first-order valence-electron chi connectivity index (χ1n) is 19.4. The second kappa shape index (κ2) is 23.4. The number of fused-ring (bicyclic) bond motifs is 2. The maximum Gasteiger partial charge on any atom is 2.00 e. The summed E-state index contributed by atoms with van der Waals surface area (Å²) in [7, 11) is 1.78. The fourth-order valence-corrected chi connectivity index (χ4v) is 6.16. The Labute approximate surface area is 402 Å². The number of carbonyl (C=O) groups is 6. The smallest absolute Gasteiger partial charge is 0.550 e. The fourth-order valence-electron chi connectivity index (χ4n) is 6.16. The van der Waals surface area contributed by atoms with E-state index in [9.17, 15) is 48.6 Å². The maximum absolute atomic E-state index is 12.3. The normalized spacial score (nSPS) is 13.5. The zero-order chi connectivity index (χ0) is 47.4. The summed E-state index contributed by atoms with van der Waals surface area (Å²) in [5.41, 5.74) is 13.0. The topological polar surface area (TPSA) is 422 Å². The van der Waals surface area contributed by atoms with E-state index in [1.807, 2.05) is 4.90 Å². The Balaban J connectivity index is 0.000000284. The number of nitrogens with zero attached hydrogens (tertiary/aromatic N) is 5. The molecule has 0 saturated carbocycles. The molecule has 0 saturated heterocycles. The van der Waals surface area contributed by atoms with Crippen LogP contribution in [0, 0.1) is 0 Å². The summed E-state index contributed by atoms with van der Waals surface area (Å²) < 4.78 is 0. The molecule has 1 aliphatic heterocycles. The fraction of sp³-hybridized carbons (Fsp3) is 0.282. The molecule has 0 radical (unpaired) electrons. The van der Waals surface area contributed by atoms with Crippen LogP contribution in [0.1, 0.15) is 52.1 Å². The molecule has 27 heteroatoms. The van der Waals surface area contributed by atoms with E-state index < -0.39 is 66.2 Å². The van der Waals surface area contributed by atoms with Crippen molar-refractivity contribution in [2.45, 2.75) is 50.4 Å². The molecule has 6 rings (SSSR count). The van der Waals surface area contributed by atoms with Gasteiger partial charge >= 0.3 is 49.7 Å². The predicted molar refractivity (Wildman–Crippen MR) is 233 cm³/mol. The number of anilines is 6. The van der Waals surface area contributed by atoms with Crippen molar-refractivity contribution in [2.24, 2.45) is 0 Å². The number of amides is 2. The molecule has 0 fully saturated rings. The molecule has 3 atom stereocenters. The van der Waals surface area contributed by atoms with Crippen LogP contribution < -0.4 is 64.3 Å². The number of benzene rings is 2. The van der Waals surface area contributed by atoms with Crippen molar-refractivity contribution in [3.05, 3.63) is 92.3 Å². The molecule has 0 bridgehead atoms. The number of rotatable bonds is 18. The number of carbonyl (C=O) groups excluding carboxylic acids is 4. The van der Waals surface area contributed by atoms with Crippen molar-refractivity contribution in [2.75, 3.05) is 52.5 Å². The van der Waals surface area contributed by atoms with Crippen LogP contribution in [0.3, 0.4) is 0 Å². The number of nitrogen functional groups attached to an aromatic ring is 2. The SMILES string of the molecule is CN1c2c(nc(N)[nH]c2=O)NCC1CNc1ccc(C(=O)N[C@@H](CCC(=O)[O-])C(=O)O)cc1.Nc1nc2ncc(CNc3ccc(C(=O)N[C@@H](CCC(=O)[O-])C(=O)O)cc3)nc2c(=O)[nH]1.[Ca+2]. The van der Waals surface area contributed by atoms with Crippen molar-refractivity contribution < 1.29 is 49.2 Å². The molecule has 26 nitrogen and oxygen atoms in total. The summed E-state index contributed by atoms with van der Waals surface area (Å²) >= 11 is 0. The molecule has 13 N–H and O–H groups in total. The Morgan fingerprint density at radius 3 is 1.79 bits per heavy atom. The van der Waals surface area contributed by atoms with Crippen molar-refractivity contribution >= 4 is 119 Å². The Morgan fingerprint density at radius 1 is 0.773 bits per heavy atom. The second-order valence-corrected chi connectivity index (χ2v) is 14.2. The van der Waals surface area contributed by atoms with E-state index in [-0.39, 0.29) is 103 Å². The van der Waals surface area contributed by atoms with Gasteiger partial charge in [-0.3, -0.25) is 29.1 Å². The van der Waals surface area contributed by atoms with Crippen LogP contribution >= 0.6 is 0 Å². The molecular weight excluding hydrogens is 897 g/mol. The summed E-state index contributed by atoms with van der Waals surface area (Å²) in [5, 5.41) is 53.3. The number of carboxylic acids is 4. The van der Waals surface area contributed by atoms with Gasteiger partial charge < -0.3 is 73.0 Å². The number of aliphatic carboxylic acids is 4. The largest absolute Gasteiger partial charge is 2.00 e. The Bertz CT molecular complexity index is 2700. The van der Waals surface area contributed by atoms with Gasteiger partial charge in [-0.05, 0) is 74.2 Å². The monoisotopic (exact) mass is 938 g/mol. The zero-order valence-electron chi connectivity index (χ0n) is 35.0. The van der Waals surface area contributed by atoms with E-state index in [0.29, 0.717) is 41.7 Å². The molecule has 3 aromatic heterocycles. The number of nitrogens with one attached hydrogen (secondary N) is 7. The first-order valence-corrected chi connectivity index (χ1v) is 19.4. The Kier molecular flexibility index (Phi) is 18.1. The minimum atomic E-state index is -1.40. The molecule has 2 amide bonds. The zero-order valence-corrected chi connectivity index (χ0v) is 37.2. The van der Waals surface area contributed by atoms with Crippen LogP contribution in [0.15, 0.2) is 64.3 Å². The third kappa shape index (κ3) is 14.2. The Hall–Kier alpha value is -7.58. The van der Waals surface area contributed by atoms with E-state index in [0.717, 1.165) is 0 Å². The van der Waals surface area contributed by atoms with Crippen molar-refractivity contribution in [1.82, 2.24) is 40.5 Å². The number of likely N-dealkylation sites (N-methyl/N-ethyl adjacent to an activating group) is 1. The van der Waals surface area contributed by atoms with Crippen molar-refractivity contribution in [3.63, 3.8) is 0 Å². The van der Waals surface area contributed by atoms with Crippen LogP contribution in [0.5, 0.6) is 0 Å². The molecule has 2 aromatic carbocycles. The van der Waals surface area contributed by atoms with E-state index in [4.69, 9.17) is 21.7 Å². The molecular formula is C39H42CaN14O12. The van der Waals surface area contributed by atoms with Crippen LogP contribution in [-0.4, -0.2) is 152 Å². The average molecular weight is 939 g/mol. The van der Waals surface area contributed by atoms with Gasteiger partial charge in [-0.15, -0.1) is 0 Å². The van der Waals surface area contributed by atoms with Gasteiger partial charge in [0.15, 0.2) is 17.0 Å². The van der Waals surface area contributed by atoms with E-state index in [2.05, 4.69) is 56.5 Å². The van der Waals surface area contributed by atoms with Crippen molar-refractivity contribution in [3.8, 4) is 0 Å². The quantitative estimate of drug-likeness (QED) is 0.0382. The third-order valence-corrected chi connectivity index (χ3v) is 9.60. The van der Waals surface area contributed by atoms with Gasteiger partial charge in [0.2, 0.25) is 11.9 Å². The maximum atomic E-state index is 12.3. The minimum absolute atomic E-state index is 0. The summed E-state index contributed by atoms with van der Waals surface area (Å²) in [6, 6.07) is 9.72. The minimum Gasteiger partial charge on any atom is -0.550 e. The number of nitrogens with two attached hydrogens (primary N) is 2. The van der Waals surface area contributed by atoms with Crippen LogP contribution in [0.4, 0.5) is 34.8 Å². The van der Waals surface area contributed by atoms with Gasteiger partial charge in [0.25, 0.3) is 22.9 Å². The van der Waals surface area contributed by atoms with Gasteiger partial charge in [0, 0.05) is 54.6 Å². The average Bonchev–Trinajstić information content (AvgIpc) is 3.25. The number of aromatic amines is 2. The first-order chi connectivity index (χ1) is 30.9. The first kappa shape index (κ1) is 51.1. The number of H-pyrrole nitrogens is 2. The van der Waals surface area contributed by atoms with Crippen molar-refractivity contribution in [1.29, 1.82) is 0 Å². The van der Waals surface area contributed by atoms with Gasteiger partial charge in [-0.25, -0.2) is 19.6 Å². The van der Waals surface area contributed by atoms with E-state index in [1.54, 1.807) is 31.3 Å². The number of hydrogen-bond acceptors (Lipinski definition) is 20. The summed E-state index contributed by atoms with van der Waals surface area (Å²) in [4.78, 5) is 115. The third-order valence-electron chi connectivity index (χ3n) is 9.60. The summed E-state index contributed by atoms with van der Waals surface area (Å²) in [6.45, 7) is 1.22. The number of aromatic nitrogens is 6. The number of hydrogen-bond donors (Lipinski definition) is 11. The van der Waals surface area contributed by atoms with Gasteiger partial charge in [0.05, 0.1) is 24.5 Å². The number of carboxylic acid groups (broad SMARTS) is 4. The molecule has 5 aromatic rings. The van der Waals surface area contributed by atoms with Gasteiger partial charge in [-0.1, -0.05) is 0 Å².